The fraction of sp³-hybridized carbons (Fsp3) is 0.200. The Morgan fingerprint density at radius 2 is 1.88 bits per heavy atom. The molecule has 1 aromatic carbocycles. The minimum atomic E-state index is 0.236. The van der Waals surface area contributed by atoms with Gasteiger partial charge in [0.1, 0.15) is 0 Å². The molecular formula is C10H8Cl3N3O. The zero-order chi connectivity index (χ0) is 12.3. The Balaban J connectivity index is 2.19. The van der Waals surface area contributed by atoms with E-state index in [0.29, 0.717) is 33.9 Å². The van der Waals surface area contributed by atoms with E-state index in [0.717, 1.165) is 0 Å². The minimum absolute atomic E-state index is 0.236. The summed E-state index contributed by atoms with van der Waals surface area (Å²) in [7, 11) is 0. The fourth-order valence-corrected chi connectivity index (χ4v) is 1.86. The summed E-state index contributed by atoms with van der Waals surface area (Å²) in [5.41, 5.74) is 0.539. The zero-order valence-electron chi connectivity index (χ0n) is 8.58. The van der Waals surface area contributed by atoms with E-state index in [4.69, 9.17) is 39.2 Å². The van der Waals surface area contributed by atoms with Gasteiger partial charge in [-0.3, -0.25) is 0 Å². The molecule has 4 nitrogen and oxygen atoms in total. The molecule has 0 aliphatic rings. The average Bonchev–Trinajstić information content (AvgIpc) is 2.72. The monoisotopic (exact) mass is 291 g/mol. The molecule has 1 aromatic heterocycles. The predicted molar refractivity (Wildman–Crippen MR) is 68.5 cm³/mol. The van der Waals surface area contributed by atoms with E-state index in [-0.39, 0.29) is 6.01 Å². The second kappa shape index (κ2) is 5.58. The average molecular weight is 293 g/mol. The number of para-hydroxylation sites is 1. The van der Waals surface area contributed by atoms with Crippen LogP contribution in [0.5, 0.6) is 0 Å². The molecule has 0 saturated carbocycles. The quantitative estimate of drug-likeness (QED) is 0.868. The van der Waals surface area contributed by atoms with Crippen molar-refractivity contribution in [2.24, 2.45) is 0 Å². The summed E-state index contributed by atoms with van der Waals surface area (Å²) in [6.07, 6.45) is 0.520. The Labute approximate surface area is 113 Å². The third-order valence-corrected chi connectivity index (χ3v) is 2.79. The molecule has 2 aromatic rings. The minimum Gasteiger partial charge on any atom is -0.408 e. The van der Waals surface area contributed by atoms with Gasteiger partial charge in [-0.05, 0) is 12.1 Å². The van der Waals surface area contributed by atoms with Crippen LogP contribution in [0.3, 0.4) is 0 Å². The number of hydrogen-bond acceptors (Lipinski definition) is 4. The normalized spacial score (nSPS) is 10.5. The second-order valence-electron chi connectivity index (χ2n) is 3.16. The number of rotatable bonds is 4. The first-order chi connectivity index (χ1) is 8.20. The van der Waals surface area contributed by atoms with Crippen LogP contribution >= 0.6 is 34.8 Å². The van der Waals surface area contributed by atoms with E-state index in [1.807, 2.05) is 0 Å². The van der Waals surface area contributed by atoms with Crippen LogP contribution in [0.15, 0.2) is 22.6 Å². The van der Waals surface area contributed by atoms with Crippen molar-refractivity contribution in [1.82, 2.24) is 10.2 Å². The summed E-state index contributed by atoms with van der Waals surface area (Å²) in [5.74, 6) is 0.889. The Morgan fingerprint density at radius 3 is 2.53 bits per heavy atom. The van der Waals surface area contributed by atoms with Crippen molar-refractivity contribution in [3.8, 4) is 0 Å². The van der Waals surface area contributed by atoms with Gasteiger partial charge in [-0.15, -0.1) is 16.7 Å². The molecule has 0 atom stereocenters. The Morgan fingerprint density at radius 1 is 1.18 bits per heavy atom. The highest BCUT2D eigenvalue weighted by atomic mass is 35.5. The van der Waals surface area contributed by atoms with Crippen LogP contribution in [-0.2, 0) is 6.42 Å². The molecule has 0 aliphatic carbocycles. The van der Waals surface area contributed by atoms with Crippen LogP contribution in [0.2, 0.25) is 10.0 Å². The molecule has 0 spiro atoms. The molecule has 90 valence electrons. The summed E-state index contributed by atoms with van der Waals surface area (Å²) in [5, 5.41) is 11.5. The molecule has 0 saturated heterocycles. The topological polar surface area (TPSA) is 51.0 Å². The van der Waals surface area contributed by atoms with E-state index in [9.17, 15) is 0 Å². The molecule has 7 heteroatoms. The van der Waals surface area contributed by atoms with Gasteiger partial charge in [0, 0.05) is 12.3 Å². The smallest absolute Gasteiger partial charge is 0.320 e. The number of nitrogens with zero attached hydrogens (tertiary/aromatic N) is 2. The van der Waals surface area contributed by atoms with Gasteiger partial charge in [-0.2, -0.15) is 0 Å². The second-order valence-corrected chi connectivity index (χ2v) is 4.35. The molecule has 0 unspecified atom stereocenters. The molecule has 0 amide bonds. The van der Waals surface area contributed by atoms with Gasteiger partial charge in [-0.1, -0.05) is 34.4 Å². The van der Waals surface area contributed by atoms with Gasteiger partial charge in [-0.25, -0.2) is 0 Å². The SMILES string of the molecule is ClCCc1nnc(Nc2c(Cl)cccc2Cl)o1. The van der Waals surface area contributed by atoms with Gasteiger partial charge in [0.2, 0.25) is 5.89 Å². The third kappa shape index (κ3) is 3.03. The summed E-state index contributed by atoms with van der Waals surface area (Å²) < 4.78 is 5.30. The first kappa shape index (κ1) is 12.5. The summed E-state index contributed by atoms with van der Waals surface area (Å²) in [4.78, 5) is 0. The van der Waals surface area contributed by atoms with Crippen LogP contribution in [0.1, 0.15) is 5.89 Å². The van der Waals surface area contributed by atoms with E-state index < -0.39 is 0 Å². The van der Waals surface area contributed by atoms with E-state index >= 15 is 0 Å². The maximum absolute atomic E-state index is 5.99. The first-order valence-electron chi connectivity index (χ1n) is 4.80. The van der Waals surface area contributed by atoms with Gasteiger partial charge in [0.15, 0.2) is 0 Å². The fourth-order valence-electron chi connectivity index (χ4n) is 1.21. The van der Waals surface area contributed by atoms with Gasteiger partial charge in [0.25, 0.3) is 0 Å². The van der Waals surface area contributed by atoms with Crippen LogP contribution in [-0.4, -0.2) is 16.1 Å². The molecule has 0 bridgehead atoms. The highest BCUT2D eigenvalue weighted by molar-refractivity contribution is 6.39. The molecular weight excluding hydrogens is 284 g/mol. The molecule has 0 radical (unpaired) electrons. The number of alkyl halides is 1. The van der Waals surface area contributed by atoms with Crippen molar-refractivity contribution in [3.05, 3.63) is 34.1 Å². The first-order valence-corrected chi connectivity index (χ1v) is 6.09. The lowest BCUT2D eigenvalue weighted by molar-refractivity contribution is 0.516. The number of aromatic nitrogens is 2. The standard InChI is InChI=1S/C10H8Cl3N3O/c11-5-4-8-15-16-10(17-8)14-9-6(12)2-1-3-7(9)13/h1-3H,4-5H2,(H,14,16). The van der Waals surface area contributed by atoms with Crippen LogP contribution in [0, 0.1) is 0 Å². The summed E-state index contributed by atoms with van der Waals surface area (Å²) >= 11 is 17.5. The van der Waals surface area contributed by atoms with Crippen molar-refractivity contribution in [3.63, 3.8) is 0 Å². The number of aryl methyl sites for hydroxylation is 1. The summed E-state index contributed by atoms with van der Waals surface area (Å²) in [6, 6.07) is 5.42. The largest absolute Gasteiger partial charge is 0.408 e. The maximum atomic E-state index is 5.99. The number of benzene rings is 1. The number of hydrogen-bond donors (Lipinski definition) is 1. The lowest BCUT2D eigenvalue weighted by atomic mass is 10.3. The molecule has 1 heterocycles. The van der Waals surface area contributed by atoms with Crippen LogP contribution < -0.4 is 5.32 Å². The van der Waals surface area contributed by atoms with E-state index in [1.54, 1.807) is 18.2 Å². The lowest BCUT2D eigenvalue weighted by Gasteiger charge is -2.05. The molecule has 0 fully saturated rings. The third-order valence-electron chi connectivity index (χ3n) is 1.97. The lowest BCUT2D eigenvalue weighted by Crippen LogP contribution is -1.92. The molecule has 2 rings (SSSR count). The maximum Gasteiger partial charge on any atom is 0.320 e. The molecule has 0 aliphatic heterocycles. The zero-order valence-corrected chi connectivity index (χ0v) is 10.9. The number of anilines is 2. The van der Waals surface area contributed by atoms with Gasteiger partial charge < -0.3 is 9.73 Å². The Kier molecular flexibility index (Phi) is 4.10. The predicted octanol–water partition coefficient (Wildman–Crippen LogP) is 3.90. The van der Waals surface area contributed by atoms with Crippen LogP contribution in [0.4, 0.5) is 11.7 Å². The van der Waals surface area contributed by atoms with E-state index in [1.165, 1.54) is 0 Å². The number of halogens is 3. The molecule has 17 heavy (non-hydrogen) atoms. The van der Waals surface area contributed by atoms with Crippen molar-refractivity contribution >= 4 is 46.5 Å². The van der Waals surface area contributed by atoms with Crippen LogP contribution in [0.25, 0.3) is 0 Å². The Bertz CT molecular complexity index is 495. The Hall–Kier alpha value is -0.970. The van der Waals surface area contributed by atoms with Crippen molar-refractivity contribution in [2.45, 2.75) is 6.42 Å². The van der Waals surface area contributed by atoms with E-state index in [2.05, 4.69) is 15.5 Å². The summed E-state index contributed by atoms with van der Waals surface area (Å²) in [6.45, 7) is 0. The van der Waals surface area contributed by atoms with Gasteiger partial charge in [0.05, 0.1) is 15.7 Å². The highest BCUT2D eigenvalue weighted by Crippen LogP contribution is 2.32. The number of nitrogens with one attached hydrogen (secondary N) is 1. The van der Waals surface area contributed by atoms with Crippen molar-refractivity contribution < 1.29 is 4.42 Å². The molecule has 1 N–H and O–H groups in total. The van der Waals surface area contributed by atoms with Gasteiger partial charge >= 0.3 is 6.01 Å². The van der Waals surface area contributed by atoms with Crippen molar-refractivity contribution in [2.75, 3.05) is 11.2 Å². The highest BCUT2D eigenvalue weighted by Gasteiger charge is 2.10. The van der Waals surface area contributed by atoms with Crippen molar-refractivity contribution in [1.29, 1.82) is 0 Å².